The van der Waals surface area contributed by atoms with E-state index in [9.17, 15) is 5.26 Å². The molecule has 0 aliphatic carbocycles. The molecule has 0 unspecified atom stereocenters. The molecule has 0 N–H and O–H groups in total. The van der Waals surface area contributed by atoms with Crippen LogP contribution in [0.1, 0.15) is 11.3 Å². The maximum atomic E-state index is 9.23. The van der Waals surface area contributed by atoms with Crippen molar-refractivity contribution in [3.8, 4) is 17.6 Å². The number of fused-ring (bicyclic) bond motifs is 1. The fraction of sp³-hybridized carbons (Fsp3) is 0.118. The van der Waals surface area contributed by atoms with Gasteiger partial charge in [0.25, 0.3) is 0 Å². The Bertz CT molecular complexity index is 889. The van der Waals surface area contributed by atoms with E-state index in [4.69, 9.17) is 21.1 Å². The van der Waals surface area contributed by atoms with Crippen LogP contribution in [0.5, 0.6) is 11.5 Å². The van der Waals surface area contributed by atoms with Gasteiger partial charge in [-0.2, -0.15) is 5.26 Å². The topological polar surface area (TPSA) is 68.0 Å². The maximum Gasteiger partial charge on any atom is 0.153 e. The number of halogens is 1. The van der Waals surface area contributed by atoms with E-state index in [0.29, 0.717) is 28.4 Å². The molecule has 0 aliphatic heterocycles. The summed E-state index contributed by atoms with van der Waals surface area (Å²) >= 11 is 6.03. The van der Waals surface area contributed by atoms with E-state index in [1.54, 1.807) is 19.2 Å². The minimum atomic E-state index is 0.261. The first-order valence-corrected chi connectivity index (χ1v) is 7.20. The molecule has 0 atom stereocenters. The second-order valence-corrected chi connectivity index (χ2v) is 5.13. The first-order valence-electron chi connectivity index (χ1n) is 6.82. The third-order valence-electron chi connectivity index (χ3n) is 3.31. The summed E-state index contributed by atoms with van der Waals surface area (Å²) in [5, 5.41) is 10.1. The van der Waals surface area contributed by atoms with Crippen molar-refractivity contribution in [1.82, 2.24) is 9.97 Å². The van der Waals surface area contributed by atoms with Crippen LogP contribution in [0.3, 0.4) is 0 Å². The second-order valence-electron chi connectivity index (χ2n) is 4.75. The molecule has 0 spiro atoms. The van der Waals surface area contributed by atoms with Gasteiger partial charge >= 0.3 is 0 Å². The number of aromatic nitrogens is 2. The predicted octanol–water partition coefficient (Wildman–Crippen LogP) is 3.74. The van der Waals surface area contributed by atoms with Crippen molar-refractivity contribution in [2.75, 3.05) is 7.11 Å². The average molecular weight is 326 g/mol. The van der Waals surface area contributed by atoms with E-state index in [1.165, 1.54) is 6.20 Å². The molecule has 0 fully saturated rings. The number of pyridine rings is 2. The highest BCUT2D eigenvalue weighted by molar-refractivity contribution is 6.30. The van der Waals surface area contributed by atoms with Crippen LogP contribution in [0.4, 0.5) is 0 Å². The Morgan fingerprint density at radius 3 is 2.70 bits per heavy atom. The number of nitriles is 1. The molecule has 114 valence electrons. The maximum absolute atomic E-state index is 9.23. The Morgan fingerprint density at radius 2 is 2.00 bits per heavy atom. The van der Waals surface area contributed by atoms with Crippen LogP contribution in [0.2, 0.25) is 5.15 Å². The van der Waals surface area contributed by atoms with Gasteiger partial charge in [0.1, 0.15) is 29.3 Å². The van der Waals surface area contributed by atoms with Crippen LogP contribution in [-0.4, -0.2) is 17.1 Å². The van der Waals surface area contributed by atoms with Gasteiger partial charge in [0.15, 0.2) is 5.69 Å². The summed E-state index contributed by atoms with van der Waals surface area (Å²) < 4.78 is 11.0. The van der Waals surface area contributed by atoms with Crippen LogP contribution in [0.15, 0.2) is 42.6 Å². The molecule has 0 saturated heterocycles. The minimum Gasteiger partial charge on any atom is -0.497 e. The Morgan fingerprint density at radius 1 is 1.22 bits per heavy atom. The summed E-state index contributed by atoms with van der Waals surface area (Å²) in [6, 6.07) is 12.9. The molecule has 0 amide bonds. The van der Waals surface area contributed by atoms with E-state index in [0.717, 1.165) is 11.3 Å². The van der Waals surface area contributed by atoms with E-state index < -0.39 is 0 Å². The molecule has 0 bridgehead atoms. The summed E-state index contributed by atoms with van der Waals surface area (Å²) in [6.07, 6.45) is 1.53. The number of benzene rings is 1. The fourth-order valence-electron chi connectivity index (χ4n) is 2.20. The SMILES string of the molecule is COc1ccc(COc2cc(Cl)nc3ccnc(C#N)c23)cc1. The fourth-order valence-corrected chi connectivity index (χ4v) is 2.39. The van der Waals surface area contributed by atoms with Crippen molar-refractivity contribution < 1.29 is 9.47 Å². The van der Waals surface area contributed by atoms with Crippen molar-refractivity contribution >= 4 is 22.5 Å². The summed E-state index contributed by atoms with van der Waals surface area (Å²) in [4.78, 5) is 8.25. The van der Waals surface area contributed by atoms with Crippen molar-refractivity contribution in [3.05, 3.63) is 59.0 Å². The monoisotopic (exact) mass is 325 g/mol. The zero-order chi connectivity index (χ0) is 16.2. The van der Waals surface area contributed by atoms with Gasteiger partial charge < -0.3 is 9.47 Å². The predicted molar refractivity (Wildman–Crippen MR) is 86.6 cm³/mol. The van der Waals surface area contributed by atoms with E-state index >= 15 is 0 Å². The quantitative estimate of drug-likeness (QED) is 0.683. The Kier molecular flexibility index (Phi) is 4.26. The van der Waals surface area contributed by atoms with Crippen LogP contribution in [-0.2, 0) is 6.61 Å². The van der Waals surface area contributed by atoms with Crippen molar-refractivity contribution in [2.45, 2.75) is 6.61 Å². The number of rotatable bonds is 4. The van der Waals surface area contributed by atoms with E-state index in [1.807, 2.05) is 24.3 Å². The molecule has 0 saturated carbocycles. The molecule has 6 heteroatoms. The van der Waals surface area contributed by atoms with Gasteiger partial charge in [-0.15, -0.1) is 0 Å². The molecule has 3 aromatic rings. The van der Waals surface area contributed by atoms with Gasteiger partial charge in [0.05, 0.1) is 18.0 Å². The van der Waals surface area contributed by atoms with Gasteiger partial charge in [0.2, 0.25) is 0 Å². The lowest BCUT2D eigenvalue weighted by Crippen LogP contribution is -1.99. The zero-order valence-electron chi connectivity index (χ0n) is 12.3. The lowest BCUT2D eigenvalue weighted by atomic mass is 10.2. The number of nitrogens with zero attached hydrogens (tertiary/aromatic N) is 3. The van der Waals surface area contributed by atoms with Gasteiger partial charge in [-0.05, 0) is 23.8 Å². The molecule has 2 aromatic heterocycles. The summed E-state index contributed by atoms with van der Waals surface area (Å²) in [7, 11) is 1.62. The first-order chi connectivity index (χ1) is 11.2. The summed E-state index contributed by atoms with van der Waals surface area (Å²) in [5.41, 5.74) is 1.81. The lowest BCUT2D eigenvalue weighted by molar-refractivity contribution is 0.309. The summed E-state index contributed by atoms with van der Waals surface area (Å²) in [5.74, 6) is 1.27. The van der Waals surface area contributed by atoms with Crippen molar-refractivity contribution in [2.24, 2.45) is 0 Å². The highest BCUT2D eigenvalue weighted by atomic mass is 35.5. The van der Waals surface area contributed by atoms with Gasteiger partial charge in [0, 0.05) is 12.3 Å². The highest BCUT2D eigenvalue weighted by Crippen LogP contribution is 2.30. The van der Waals surface area contributed by atoms with Gasteiger partial charge in [-0.25, -0.2) is 9.97 Å². The first kappa shape index (κ1) is 15.1. The van der Waals surface area contributed by atoms with Crippen molar-refractivity contribution in [1.29, 1.82) is 5.26 Å². The van der Waals surface area contributed by atoms with E-state index in [-0.39, 0.29) is 5.69 Å². The van der Waals surface area contributed by atoms with Gasteiger partial charge in [-0.1, -0.05) is 23.7 Å². The average Bonchev–Trinajstić information content (AvgIpc) is 2.59. The molecule has 5 nitrogen and oxygen atoms in total. The summed E-state index contributed by atoms with van der Waals surface area (Å²) in [6.45, 7) is 0.333. The number of ether oxygens (including phenoxy) is 2. The number of methoxy groups -OCH3 is 1. The largest absolute Gasteiger partial charge is 0.497 e. The Hall–Kier alpha value is -2.84. The van der Waals surface area contributed by atoms with Crippen LogP contribution in [0.25, 0.3) is 10.9 Å². The zero-order valence-corrected chi connectivity index (χ0v) is 13.0. The molecular weight excluding hydrogens is 314 g/mol. The molecule has 2 heterocycles. The third-order valence-corrected chi connectivity index (χ3v) is 3.51. The van der Waals surface area contributed by atoms with Gasteiger partial charge in [-0.3, -0.25) is 0 Å². The second kappa shape index (κ2) is 6.51. The smallest absolute Gasteiger partial charge is 0.153 e. The molecular formula is C17H12ClN3O2. The van der Waals surface area contributed by atoms with E-state index in [2.05, 4.69) is 16.0 Å². The third kappa shape index (κ3) is 3.17. The molecule has 23 heavy (non-hydrogen) atoms. The Balaban J connectivity index is 1.94. The number of hydrogen-bond acceptors (Lipinski definition) is 5. The van der Waals surface area contributed by atoms with Crippen molar-refractivity contribution in [3.63, 3.8) is 0 Å². The van der Waals surface area contributed by atoms with Crippen LogP contribution >= 0.6 is 11.6 Å². The standard InChI is InChI=1S/C17H12ClN3O2/c1-22-12-4-2-11(3-5-12)10-23-15-8-16(18)21-13-6-7-20-14(9-19)17(13)15/h2-8H,10H2,1H3. The van der Waals surface area contributed by atoms with Crippen LogP contribution < -0.4 is 9.47 Å². The Labute approximate surface area is 138 Å². The van der Waals surface area contributed by atoms with Crippen LogP contribution in [0, 0.1) is 11.3 Å². The lowest BCUT2D eigenvalue weighted by Gasteiger charge is -2.10. The molecule has 0 aliphatic rings. The minimum absolute atomic E-state index is 0.261. The molecule has 0 radical (unpaired) electrons. The normalized spacial score (nSPS) is 10.3. The number of hydrogen-bond donors (Lipinski definition) is 0. The molecule has 3 rings (SSSR count). The highest BCUT2D eigenvalue weighted by Gasteiger charge is 2.12. The molecule has 1 aromatic carbocycles.